The van der Waals surface area contributed by atoms with E-state index in [-0.39, 0.29) is 0 Å². The maximum absolute atomic E-state index is 5.89. The molecule has 0 aliphatic rings. The lowest BCUT2D eigenvalue weighted by molar-refractivity contribution is 0.397. The van der Waals surface area contributed by atoms with Crippen molar-refractivity contribution in [1.82, 2.24) is 0 Å². The van der Waals surface area contributed by atoms with Crippen LogP contribution in [0.25, 0.3) is 0 Å². The van der Waals surface area contributed by atoms with Crippen molar-refractivity contribution >= 4 is 5.69 Å². The van der Waals surface area contributed by atoms with E-state index in [1.165, 1.54) is 16.8 Å². The molecule has 0 aliphatic heterocycles. The molecule has 1 rings (SSSR count). The Morgan fingerprint density at radius 1 is 1.16 bits per heavy atom. The lowest BCUT2D eigenvalue weighted by atomic mass is 9.94. The Hall–Kier alpha value is -1.02. The van der Waals surface area contributed by atoms with E-state index in [4.69, 9.17) is 5.73 Å². The molecule has 0 spiro atoms. The average molecular weight is 262 g/mol. The van der Waals surface area contributed by atoms with E-state index in [0.717, 1.165) is 13.1 Å². The quantitative estimate of drug-likeness (QED) is 0.845. The summed E-state index contributed by atoms with van der Waals surface area (Å²) in [5, 5.41) is 0. The summed E-state index contributed by atoms with van der Waals surface area (Å²) >= 11 is 0. The second-order valence-corrected chi connectivity index (χ2v) is 6.32. The van der Waals surface area contributed by atoms with Gasteiger partial charge in [0.05, 0.1) is 0 Å². The van der Waals surface area contributed by atoms with Crippen LogP contribution in [-0.4, -0.2) is 20.1 Å². The molecule has 0 aliphatic carbocycles. The number of hydrogen-bond donors (Lipinski definition) is 1. The van der Waals surface area contributed by atoms with Crippen LogP contribution in [0.4, 0.5) is 5.69 Å². The monoisotopic (exact) mass is 262 g/mol. The molecule has 19 heavy (non-hydrogen) atoms. The van der Waals surface area contributed by atoms with Gasteiger partial charge in [0.15, 0.2) is 0 Å². The van der Waals surface area contributed by atoms with Crippen LogP contribution in [-0.2, 0) is 0 Å². The van der Waals surface area contributed by atoms with Gasteiger partial charge in [-0.1, -0.05) is 39.8 Å². The zero-order chi connectivity index (χ0) is 14.6. The van der Waals surface area contributed by atoms with Crippen molar-refractivity contribution in [2.45, 2.75) is 40.5 Å². The molecule has 1 aromatic carbocycles. The Kier molecular flexibility index (Phi) is 5.86. The van der Waals surface area contributed by atoms with E-state index >= 15 is 0 Å². The average Bonchev–Trinajstić information content (AvgIpc) is 2.35. The molecular formula is C17H30N2. The Labute approximate surface area is 119 Å². The standard InChI is InChI=1S/C17H30N2/c1-12(2)15-8-7-14(5)17(9-15)19(6)11-16(10-18)13(3)4/h7-9,12-13,16H,10-11,18H2,1-6H3. The SMILES string of the molecule is Cc1ccc(C(C)C)cc1N(C)CC(CN)C(C)C. The van der Waals surface area contributed by atoms with E-state index < -0.39 is 0 Å². The highest BCUT2D eigenvalue weighted by atomic mass is 15.1. The highest BCUT2D eigenvalue weighted by molar-refractivity contribution is 5.55. The molecule has 0 amide bonds. The molecule has 2 nitrogen and oxygen atoms in total. The van der Waals surface area contributed by atoms with E-state index in [2.05, 4.69) is 64.8 Å². The van der Waals surface area contributed by atoms with E-state index in [1.54, 1.807) is 0 Å². The molecule has 1 unspecified atom stereocenters. The molecule has 0 aromatic heterocycles. The highest BCUT2D eigenvalue weighted by Gasteiger charge is 2.16. The molecule has 1 atom stereocenters. The minimum atomic E-state index is 0.548. The maximum Gasteiger partial charge on any atom is 0.0396 e. The van der Waals surface area contributed by atoms with Crippen LogP contribution in [0.15, 0.2) is 18.2 Å². The minimum absolute atomic E-state index is 0.548. The van der Waals surface area contributed by atoms with Gasteiger partial charge in [-0.05, 0) is 48.4 Å². The number of nitrogens with zero attached hydrogens (tertiary/aromatic N) is 1. The molecule has 1 aromatic rings. The molecule has 0 saturated carbocycles. The molecular weight excluding hydrogens is 232 g/mol. The summed E-state index contributed by atoms with van der Waals surface area (Å²) in [6.45, 7) is 13.0. The number of benzene rings is 1. The van der Waals surface area contributed by atoms with Crippen LogP contribution in [0.5, 0.6) is 0 Å². The number of anilines is 1. The summed E-state index contributed by atoms with van der Waals surface area (Å²) in [6.07, 6.45) is 0. The smallest absolute Gasteiger partial charge is 0.0396 e. The fraction of sp³-hybridized carbons (Fsp3) is 0.647. The van der Waals surface area contributed by atoms with Crippen LogP contribution in [0, 0.1) is 18.8 Å². The summed E-state index contributed by atoms with van der Waals surface area (Å²) < 4.78 is 0. The van der Waals surface area contributed by atoms with Gasteiger partial charge in [0.2, 0.25) is 0 Å². The molecule has 0 saturated heterocycles. The van der Waals surface area contributed by atoms with Gasteiger partial charge in [-0.25, -0.2) is 0 Å². The maximum atomic E-state index is 5.89. The summed E-state index contributed by atoms with van der Waals surface area (Å²) in [6, 6.07) is 6.79. The number of nitrogens with two attached hydrogens (primary N) is 1. The largest absolute Gasteiger partial charge is 0.374 e. The Balaban J connectivity index is 2.92. The van der Waals surface area contributed by atoms with Crippen LogP contribution in [0.3, 0.4) is 0 Å². The van der Waals surface area contributed by atoms with Crippen molar-refractivity contribution in [1.29, 1.82) is 0 Å². The second kappa shape index (κ2) is 6.95. The van der Waals surface area contributed by atoms with Gasteiger partial charge >= 0.3 is 0 Å². The van der Waals surface area contributed by atoms with Gasteiger partial charge in [0.1, 0.15) is 0 Å². The van der Waals surface area contributed by atoms with E-state index in [1.807, 2.05) is 0 Å². The minimum Gasteiger partial charge on any atom is -0.374 e. The lowest BCUT2D eigenvalue weighted by Crippen LogP contribution is -2.33. The van der Waals surface area contributed by atoms with Crippen molar-refractivity contribution in [3.8, 4) is 0 Å². The first kappa shape index (κ1) is 16.0. The van der Waals surface area contributed by atoms with E-state index in [9.17, 15) is 0 Å². The Bertz CT molecular complexity index is 396. The molecule has 0 bridgehead atoms. The van der Waals surface area contributed by atoms with Crippen molar-refractivity contribution in [3.63, 3.8) is 0 Å². The third kappa shape index (κ3) is 4.24. The van der Waals surface area contributed by atoms with Crippen LogP contribution in [0.2, 0.25) is 0 Å². The molecule has 2 heteroatoms. The lowest BCUT2D eigenvalue weighted by Gasteiger charge is -2.29. The first-order valence-corrected chi connectivity index (χ1v) is 7.38. The van der Waals surface area contributed by atoms with Crippen LogP contribution in [0.1, 0.15) is 44.7 Å². The number of aryl methyl sites for hydroxylation is 1. The van der Waals surface area contributed by atoms with Gasteiger partial charge in [-0.3, -0.25) is 0 Å². The summed E-state index contributed by atoms with van der Waals surface area (Å²) in [5.41, 5.74) is 9.97. The van der Waals surface area contributed by atoms with Gasteiger partial charge in [0, 0.05) is 19.3 Å². The first-order chi connectivity index (χ1) is 8.86. The van der Waals surface area contributed by atoms with Gasteiger partial charge in [-0.2, -0.15) is 0 Å². The van der Waals surface area contributed by atoms with Gasteiger partial charge < -0.3 is 10.6 Å². The fourth-order valence-corrected chi connectivity index (χ4v) is 2.40. The summed E-state index contributed by atoms with van der Waals surface area (Å²) in [5.74, 6) is 1.75. The third-order valence-corrected chi connectivity index (χ3v) is 4.07. The van der Waals surface area contributed by atoms with Gasteiger partial charge in [0.25, 0.3) is 0 Å². The van der Waals surface area contributed by atoms with Crippen molar-refractivity contribution in [2.24, 2.45) is 17.6 Å². The predicted molar refractivity (Wildman–Crippen MR) is 85.9 cm³/mol. The zero-order valence-corrected chi connectivity index (χ0v) is 13.4. The van der Waals surface area contributed by atoms with Crippen molar-refractivity contribution in [3.05, 3.63) is 29.3 Å². The van der Waals surface area contributed by atoms with Crippen molar-refractivity contribution < 1.29 is 0 Å². The predicted octanol–water partition coefficient (Wildman–Crippen LogP) is 3.79. The zero-order valence-electron chi connectivity index (χ0n) is 13.4. The fourth-order valence-electron chi connectivity index (χ4n) is 2.40. The molecule has 0 fully saturated rings. The topological polar surface area (TPSA) is 29.3 Å². The van der Waals surface area contributed by atoms with Crippen LogP contribution < -0.4 is 10.6 Å². The first-order valence-electron chi connectivity index (χ1n) is 7.38. The van der Waals surface area contributed by atoms with Gasteiger partial charge in [-0.15, -0.1) is 0 Å². The second-order valence-electron chi connectivity index (χ2n) is 6.32. The summed E-state index contributed by atoms with van der Waals surface area (Å²) in [4.78, 5) is 2.36. The number of hydrogen-bond acceptors (Lipinski definition) is 2. The summed E-state index contributed by atoms with van der Waals surface area (Å²) in [7, 11) is 2.18. The molecule has 2 N–H and O–H groups in total. The third-order valence-electron chi connectivity index (χ3n) is 4.07. The normalized spacial score (nSPS) is 13.1. The molecule has 0 radical (unpaired) electrons. The molecule has 108 valence electrons. The van der Waals surface area contributed by atoms with E-state index in [0.29, 0.717) is 17.8 Å². The van der Waals surface area contributed by atoms with Crippen molar-refractivity contribution in [2.75, 3.05) is 25.0 Å². The Morgan fingerprint density at radius 2 is 1.79 bits per heavy atom. The van der Waals surface area contributed by atoms with Crippen LogP contribution >= 0.6 is 0 Å². The number of rotatable bonds is 6. The Morgan fingerprint density at radius 3 is 2.26 bits per heavy atom. The highest BCUT2D eigenvalue weighted by Crippen LogP contribution is 2.26. The molecule has 0 heterocycles.